The Balaban J connectivity index is 2.32. The van der Waals surface area contributed by atoms with E-state index in [2.05, 4.69) is 9.97 Å². The molecule has 2 rings (SSSR count). The Morgan fingerprint density at radius 1 is 1.14 bits per heavy atom. The van der Waals surface area contributed by atoms with Crippen molar-refractivity contribution in [1.29, 1.82) is 0 Å². The van der Waals surface area contributed by atoms with Crippen LogP contribution in [0.2, 0.25) is 0 Å². The maximum Gasteiger partial charge on any atom is 0.257 e. The standard InChI is InChI=1S/C18H23N3O/c1-12(2)17-16(11-19-14(4)20-17)18(22)21(5)13(3)15-9-7-6-8-10-15/h6-13H,1-5H3. The Hall–Kier alpha value is -2.23. The molecule has 0 N–H and O–H groups in total. The molecule has 116 valence electrons. The van der Waals surface area contributed by atoms with Gasteiger partial charge in [-0.15, -0.1) is 0 Å². The number of benzene rings is 1. The van der Waals surface area contributed by atoms with Crippen LogP contribution in [0.4, 0.5) is 0 Å². The van der Waals surface area contributed by atoms with Crippen molar-refractivity contribution in [3.8, 4) is 0 Å². The van der Waals surface area contributed by atoms with E-state index in [1.54, 1.807) is 11.1 Å². The second-order valence-corrected chi connectivity index (χ2v) is 5.87. The van der Waals surface area contributed by atoms with Crippen molar-refractivity contribution in [1.82, 2.24) is 14.9 Å². The molecular weight excluding hydrogens is 274 g/mol. The van der Waals surface area contributed by atoms with Gasteiger partial charge in [0.2, 0.25) is 0 Å². The van der Waals surface area contributed by atoms with Crippen molar-refractivity contribution >= 4 is 5.91 Å². The third kappa shape index (κ3) is 3.32. The molecule has 0 aliphatic rings. The van der Waals surface area contributed by atoms with Crippen LogP contribution < -0.4 is 0 Å². The van der Waals surface area contributed by atoms with E-state index in [1.165, 1.54) is 0 Å². The monoisotopic (exact) mass is 297 g/mol. The number of aryl methyl sites for hydroxylation is 1. The summed E-state index contributed by atoms with van der Waals surface area (Å²) in [5.74, 6) is 0.833. The Morgan fingerprint density at radius 3 is 2.36 bits per heavy atom. The average molecular weight is 297 g/mol. The number of amides is 1. The van der Waals surface area contributed by atoms with Crippen molar-refractivity contribution < 1.29 is 4.79 Å². The van der Waals surface area contributed by atoms with Gasteiger partial charge in [0.1, 0.15) is 5.82 Å². The molecule has 4 nitrogen and oxygen atoms in total. The number of carbonyl (C=O) groups excluding carboxylic acids is 1. The van der Waals surface area contributed by atoms with E-state index in [0.29, 0.717) is 11.4 Å². The molecule has 0 bridgehead atoms. The molecule has 0 aliphatic carbocycles. The molecule has 0 radical (unpaired) electrons. The summed E-state index contributed by atoms with van der Waals surface area (Å²) in [4.78, 5) is 23.2. The summed E-state index contributed by atoms with van der Waals surface area (Å²) in [7, 11) is 1.82. The predicted octanol–water partition coefficient (Wildman–Crippen LogP) is 3.74. The Bertz CT molecular complexity index is 653. The third-order valence-electron chi connectivity index (χ3n) is 3.90. The number of rotatable bonds is 4. The zero-order chi connectivity index (χ0) is 16.3. The number of hydrogen-bond acceptors (Lipinski definition) is 3. The van der Waals surface area contributed by atoms with Gasteiger partial charge >= 0.3 is 0 Å². The van der Waals surface area contributed by atoms with Crippen molar-refractivity contribution in [3.05, 3.63) is 59.2 Å². The highest BCUT2D eigenvalue weighted by atomic mass is 16.2. The quantitative estimate of drug-likeness (QED) is 0.863. The minimum absolute atomic E-state index is 0.00462. The van der Waals surface area contributed by atoms with Gasteiger partial charge in [-0.05, 0) is 25.3 Å². The summed E-state index contributed by atoms with van der Waals surface area (Å²) in [6.45, 7) is 7.95. The van der Waals surface area contributed by atoms with Crippen LogP contribution in [0, 0.1) is 6.92 Å². The first-order valence-corrected chi connectivity index (χ1v) is 7.57. The Morgan fingerprint density at radius 2 is 1.77 bits per heavy atom. The fourth-order valence-corrected chi connectivity index (χ4v) is 2.41. The number of carbonyl (C=O) groups is 1. The molecule has 0 saturated heterocycles. The van der Waals surface area contributed by atoms with Crippen LogP contribution in [0.25, 0.3) is 0 Å². The molecule has 1 unspecified atom stereocenters. The van der Waals surface area contributed by atoms with Crippen molar-refractivity contribution in [2.24, 2.45) is 0 Å². The summed E-state index contributed by atoms with van der Waals surface area (Å²) in [5, 5.41) is 0. The average Bonchev–Trinajstić information content (AvgIpc) is 2.53. The maximum atomic E-state index is 12.8. The zero-order valence-corrected chi connectivity index (χ0v) is 13.9. The molecule has 1 amide bonds. The smallest absolute Gasteiger partial charge is 0.257 e. The lowest BCUT2D eigenvalue weighted by Crippen LogP contribution is -2.31. The second-order valence-electron chi connectivity index (χ2n) is 5.87. The van der Waals surface area contributed by atoms with E-state index in [1.807, 2.05) is 65.1 Å². The number of aromatic nitrogens is 2. The topological polar surface area (TPSA) is 46.1 Å². The van der Waals surface area contributed by atoms with Crippen LogP contribution in [0.3, 0.4) is 0 Å². The van der Waals surface area contributed by atoms with Gasteiger partial charge < -0.3 is 4.90 Å². The van der Waals surface area contributed by atoms with Crippen molar-refractivity contribution in [2.75, 3.05) is 7.05 Å². The van der Waals surface area contributed by atoms with E-state index < -0.39 is 0 Å². The lowest BCUT2D eigenvalue weighted by Gasteiger charge is -2.26. The van der Waals surface area contributed by atoms with E-state index in [0.717, 1.165) is 11.3 Å². The minimum atomic E-state index is -0.0416. The van der Waals surface area contributed by atoms with Crippen molar-refractivity contribution in [2.45, 2.75) is 39.7 Å². The van der Waals surface area contributed by atoms with E-state index in [9.17, 15) is 4.79 Å². The molecule has 4 heteroatoms. The first kappa shape index (κ1) is 16.1. The van der Waals surface area contributed by atoms with Crippen LogP contribution in [0.1, 0.15) is 60.2 Å². The minimum Gasteiger partial charge on any atom is -0.335 e. The summed E-state index contributed by atoms with van der Waals surface area (Å²) in [6.07, 6.45) is 1.65. The van der Waals surface area contributed by atoms with Crippen molar-refractivity contribution in [3.63, 3.8) is 0 Å². The largest absolute Gasteiger partial charge is 0.335 e. The Kier molecular flexibility index (Phi) is 4.91. The molecule has 0 aliphatic heterocycles. The highest BCUT2D eigenvalue weighted by Crippen LogP contribution is 2.23. The number of hydrogen-bond donors (Lipinski definition) is 0. The summed E-state index contributed by atoms with van der Waals surface area (Å²) < 4.78 is 0. The molecule has 2 aromatic rings. The lowest BCUT2D eigenvalue weighted by atomic mass is 10.0. The fraction of sp³-hybridized carbons (Fsp3) is 0.389. The second kappa shape index (κ2) is 6.69. The van der Waals surface area contributed by atoms with E-state index >= 15 is 0 Å². The van der Waals surface area contributed by atoms with E-state index in [-0.39, 0.29) is 17.9 Å². The molecule has 1 aromatic carbocycles. The first-order chi connectivity index (χ1) is 10.4. The third-order valence-corrected chi connectivity index (χ3v) is 3.90. The SMILES string of the molecule is Cc1ncc(C(=O)N(C)C(C)c2ccccc2)c(C(C)C)n1. The van der Waals surface area contributed by atoms with Gasteiger partial charge in [0.25, 0.3) is 5.91 Å². The molecular formula is C18H23N3O. The molecule has 1 atom stereocenters. The van der Waals surface area contributed by atoms with Gasteiger partial charge in [-0.3, -0.25) is 4.79 Å². The highest BCUT2D eigenvalue weighted by molar-refractivity contribution is 5.95. The first-order valence-electron chi connectivity index (χ1n) is 7.57. The highest BCUT2D eigenvalue weighted by Gasteiger charge is 2.23. The summed E-state index contributed by atoms with van der Waals surface area (Å²) in [6, 6.07) is 10.0. The van der Waals surface area contributed by atoms with Crippen LogP contribution >= 0.6 is 0 Å². The number of nitrogens with zero attached hydrogens (tertiary/aromatic N) is 3. The summed E-state index contributed by atoms with van der Waals surface area (Å²) >= 11 is 0. The maximum absolute atomic E-state index is 12.8. The molecule has 1 heterocycles. The van der Waals surface area contributed by atoms with Crippen LogP contribution in [-0.2, 0) is 0 Å². The van der Waals surface area contributed by atoms with Gasteiger partial charge in [-0.25, -0.2) is 9.97 Å². The van der Waals surface area contributed by atoms with Gasteiger partial charge in [0, 0.05) is 13.2 Å². The fourth-order valence-electron chi connectivity index (χ4n) is 2.41. The molecule has 0 spiro atoms. The van der Waals surface area contributed by atoms with Gasteiger partial charge in [-0.2, -0.15) is 0 Å². The predicted molar refractivity (Wildman–Crippen MR) is 87.8 cm³/mol. The lowest BCUT2D eigenvalue weighted by molar-refractivity contribution is 0.0740. The van der Waals surface area contributed by atoms with E-state index in [4.69, 9.17) is 0 Å². The molecule has 0 fully saturated rings. The summed E-state index contributed by atoms with van der Waals surface area (Å²) in [5.41, 5.74) is 2.51. The van der Waals surface area contributed by atoms with Crippen LogP contribution in [0.5, 0.6) is 0 Å². The van der Waals surface area contributed by atoms with Crippen LogP contribution in [-0.4, -0.2) is 27.8 Å². The molecule has 22 heavy (non-hydrogen) atoms. The van der Waals surface area contributed by atoms with Gasteiger partial charge in [-0.1, -0.05) is 44.2 Å². The normalized spacial score (nSPS) is 12.3. The van der Waals surface area contributed by atoms with Crippen LogP contribution in [0.15, 0.2) is 36.5 Å². The Labute approximate surface area is 132 Å². The molecule has 0 saturated carbocycles. The van der Waals surface area contributed by atoms with Gasteiger partial charge in [0.15, 0.2) is 0 Å². The van der Waals surface area contributed by atoms with Gasteiger partial charge in [0.05, 0.1) is 17.3 Å². The molecule has 1 aromatic heterocycles. The zero-order valence-electron chi connectivity index (χ0n) is 13.9.